The summed E-state index contributed by atoms with van der Waals surface area (Å²) >= 11 is 6.98. The lowest BCUT2D eigenvalue weighted by Gasteiger charge is -2.14. The molecule has 0 heterocycles. The summed E-state index contributed by atoms with van der Waals surface area (Å²) in [6, 6.07) is 6.80. The standard InChI is InChI=1S/C12H18Br2N2/c1-3-15-7-9(2)16-8-10-4-11(13)6-12(14)5-10/h4-6,9,15-16H,3,7-8H2,1-2H3. The van der Waals surface area contributed by atoms with E-state index in [2.05, 4.69) is 68.5 Å². The third-order valence-corrected chi connectivity index (χ3v) is 3.19. The van der Waals surface area contributed by atoms with Crippen molar-refractivity contribution in [3.8, 4) is 0 Å². The van der Waals surface area contributed by atoms with E-state index >= 15 is 0 Å². The molecule has 90 valence electrons. The summed E-state index contributed by atoms with van der Waals surface area (Å²) in [4.78, 5) is 0. The van der Waals surface area contributed by atoms with E-state index in [1.807, 2.05) is 6.07 Å². The molecule has 0 aromatic heterocycles. The minimum atomic E-state index is 0.484. The zero-order valence-electron chi connectivity index (χ0n) is 9.69. The van der Waals surface area contributed by atoms with Crippen molar-refractivity contribution in [3.05, 3.63) is 32.7 Å². The Labute approximate surface area is 114 Å². The Morgan fingerprint density at radius 1 is 1.19 bits per heavy atom. The highest BCUT2D eigenvalue weighted by Gasteiger charge is 2.02. The number of rotatable bonds is 6. The molecule has 0 bridgehead atoms. The van der Waals surface area contributed by atoms with Crippen LogP contribution in [0.2, 0.25) is 0 Å². The Bertz CT molecular complexity index is 309. The minimum absolute atomic E-state index is 0.484. The van der Waals surface area contributed by atoms with Crippen LogP contribution < -0.4 is 10.6 Å². The highest BCUT2D eigenvalue weighted by atomic mass is 79.9. The van der Waals surface area contributed by atoms with Gasteiger partial charge in [0.1, 0.15) is 0 Å². The summed E-state index contributed by atoms with van der Waals surface area (Å²) in [7, 11) is 0. The lowest BCUT2D eigenvalue weighted by atomic mass is 10.2. The molecule has 0 saturated carbocycles. The van der Waals surface area contributed by atoms with Gasteiger partial charge in [0, 0.05) is 28.1 Å². The molecule has 2 nitrogen and oxygen atoms in total. The van der Waals surface area contributed by atoms with Gasteiger partial charge in [-0.3, -0.25) is 0 Å². The molecule has 1 atom stereocenters. The number of nitrogens with one attached hydrogen (secondary N) is 2. The Morgan fingerprint density at radius 2 is 1.81 bits per heavy atom. The maximum Gasteiger partial charge on any atom is 0.0209 e. The van der Waals surface area contributed by atoms with Crippen LogP contribution in [0.5, 0.6) is 0 Å². The van der Waals surface area contributed by atoms with Gasteiger partial charge in [0.2, 0.25) is 0 Å². The zero-order chi connectivity index (χ0) is 12.0. The van der Waals surface area contributed by atoms with Crippen LogP contribution in [0.1, 0.15) is 19.4 Å². The van der Waals surface area contributed by atoms with Crippen molar-refractivity contribution in [1.82, 2.24) is 10.6 Å². The lowest BCUT2D eigenvalue weighted by Crippen LogP contribution is -2.35. The molecule has 4 heteroatoms. The molecule has 0 aliphatic rings. The van der Waals surface area contributed by atoms with E-state index in [1.54, 1.807) is 0 Å². The second-order valence-corrected chi connectivity index (χ2v) is 5.70. The first-order chi connectivity index (χ1) is 7.61. The van der Waals surface area contributed by atoms with Crippen LogP contribution in [0.3, 0.4) is 0 Å². The van der Waals surface area contributed by atoms with E-state index in [0.717, 1.165) is 28.6 Å². The SMILES string of the molecule is CCNCC(C)NCc1cc(Br)cc(Br)c1. The van der Waals surface area contributed by atoms with Crippen LogP contribution in [-0.4, -0.2) is 19.1 Å². The van der Waals surface area contributed by atoms with Gasteiger partial charge < -0.3 is 10.6 Å². The topological polar surface area (TPSA) is 24.1 Å². The first-order valence-corrected chi connectivity index (χ1v) is 7.09. The number of likely N-dealkylation sites (N-methyl/N-ethyl adjacent to an activating group) is 1. The molecule has 2 N–H and O–H groups in total. The number of halogens is 2. The average Bonchev–Trinajstić information content (AvgIpc) is 2.22. The molecule has 1 rings (SSSR count). The first kappa shape index (κ1) is 14.2. The van der Waals surface area contributed by atoms with Crippen molar-refractivity contribution in [2.45, 2.75) is 26.4 Å². The molecule has 1 aromatic carbocycles. The van der Waals surface area contributed by atoms with Gasteiger partial charge in [-0.2, -0.15) is 0 Å². The third-order valence-electron chi connectivity index (χ3n) is 2.28. The fraction of sp³-hybridized carbons (Fsp3) is 0.500. The van der Waals surface area contributed by atoms with E-state index in [9.17, 15) is 0 Å². The summed E-state index contributed by atoms with van der Waals surface area (Å²) in [6.45, 7) is 7.23. The van der Waals surface area contributed by atoms with E-state index < -0.39 is 0 Å². The highest BCUT2D eigenvalue weighted by Crippen LogP contribution is 2.19. The van der Waals surface area contributed by atoms with Gasteiger partial charge in [-0.15, -0.1) is 0 Å². The average molecular weight is 350 g/mol. The Kier molecular flexibility index (Phi) is 6.58. The smallest absolute Gasteiger partial charge is 0.0209 e. The van der Waals surface area contributed by atoms with E-state index in [0.29, 0.717) is 6.04 Å². The minimum Gasteiger partial charge on any atom is -0.315 e. The number of hydrogen-bond donors (Lipinski definition) is 2. The van der Waals surface area contributed by atoms with Crippen molar-refractivity contribution < 1.29 is 0 Å². The van der Waals surface area contributed by atoms with Gasteiger partial charge >= 0.3 is 0 Å². The van der Waals surface area contributed by atoms with E-state index in [1.165, 1.54) is 5.56 Å². The first-order valence-electron chi connectivity index (χ1n) is 5.51. The summed E-state index contributed by atoms with van der Waals surface area (Å²) in [5, 5.41) is 6.81. The van der Waals surface area contributed by atoms with Crippen molar-refractivity contribution in [2.75, 3.05) is 13.1 Å². The molecule has 0 saturated heterocycles. The van der Waals surface area contributed by atoms with Crippen molar-refractivity contribution >= 4 is 31.9 Å². The molecule has 1 unspecified atom stereocenters. The summed E-state index contributed by atoms with van der Waals surface area (Å²) in [5.41, 5.74) is 1.28. The van der Waals surface area contributed by atoms with Gasteiger partial charge in [0.05, 0.1) is 0 Å². The number of hydrogen-bond acceptors (Lipinski definition) is 2. The fourth-order valence-corrected chi connectivity index (χ4v) is 2.83. The highest BCUT2D eigenvalue weighted by molar-refractivity contribution is 9.11. The normalized spacial score (nSPS) is 12.8. The maximum absolute atomic E-state index is 3.49. The lowest BCUT2D eigenvalue weighted by molar-refractivity contribution is 0.509. The Hall–Kier alpha value is 0.1000. The van der Waals surface area contributed by atoms with Gasteiger partial charge in [0.15, 0.2) is 0 Å². The molecule has 0 aliphatic carbocycles. The molecule has 0 amide bonds. The quantitative estimate of drug-likeness (QED) is 0.823. The summed E-state index contributed by atoms with van der Waals surface area (Å²) < 4.78 is 2.22. The molecule has 0 aliphatic heterocycles. The second kappa shape index (κ2) is 7.43. The molecular weight excluding hydrogens is 332 g/mol. The van der Waals surface area contributed by atoms with Gasteiger partial charge in [-0.25, -0.2) is 0 Å². The van der Waals surface area contributed by atoms with Crippen LogP contribution in [0.4, 0.5) is 0 Å². The van der Waals surface area contributed by atoms with Crippen LogP contribution in [-0.2, 0) is 6.54 Å². The van der Waals surface area contributed by atoms with Crippen molar-refractivity contribution in [2.24, 2.45) is 0 Å². The van der Waals surface area contributed by atoms with Crippen molar-refractivity contribution in [3.63, 3.8) is 0 Å². The fourth-order valence-electron chi connectivity index (χ4n) is 1.44. The van der Waals surface area contributed by atoms with Gasteiger partial charge in [-0.1, -0.05) is 38.8 Å². The van der Waals surface area contributed by atoms with Crippen molar-refractivity contribution in [1.29, 1.82) is 0 Å². The maximum atomic E-state index is 3.49. The predicted molar refractivity (Wildman–Crippen MR) is 76.7 cm³/mol. The third kappa shape index (κ3) is 5.43. The van der Waals surface area contributed by atoms with Crippen LogP contribution >= 0.6 is 31.9 Å². The molecular formula is C12H18Br2N2. The summed E-state index contributed by atoms with van der Waals surface area (Å²) in [6.07, 6.45) is 0. The summed E-state index contributed by atoms with van der Waals surface area (Å²) in [5.74, 6) is 0. The van der Waals surface area contributed by atoms with Gasteiger partial charge in [-0.05, 0) is 37.2 Å². The molecule has 0 fully saturated rings. The van der Waals surface area contributed by atoms with Crippen LogP contribution in [0, 0.1) is 0 Å². The second-order valence-electron chi connectivity index (χ2n) is 3.87. The van der Waals surface area contributed by atoms with E-state index in [-0.39, 0.29) is 0 Å². The molecule has 0 spiro atoms. The number of benzene rings is 1. The monoisotopic (exact) mass is 348 g/mol. The zero-order valence-corrected chi connectivity index (χ0v) is 12.9. The van der Waals surface area contributed by atoms with Gasteiger partial charge in [0.25, 0.3) is 0 Å². The van der Waals surface area contributed by atoms with Crippen LogP contribution in [0.15, 0.2) is 27.1 Å². The molecule has 16 heavy (non-hydrogen) atoms. The predicted octanol–water partition coefficient (Wildman–Crippen LogP) is 3.30. The van der Waals surface area contributed by atoms with E-state index in [4.69, 9.17) is 0 Å². The van der Waals surface area contributed by atoms with Crippen LogP contribution in [0.25, 0.3) is 0 Å². The Morgan fingerprint density at radius 3 is 2.38 bits per heavy atom. The molecule has 1 aromatic rings. The molecule has 0 radical (unpaired) electrons. The Balaban J connectivity index is 2.41. The largest absolute Gasteiger partial charge is 0.315 e.